The van der Waals surface area contributed by atoms with Crippen LogP contribution in [0.2, 0.25) is 0 Å². The third-order valence-corrected chi connectivity index (χ3v) is 4.65. The molecular formula is C12H23IN4S2. The number of thiazole rings is 1. The first kappa shape index (κ1) is 19.0. The number of aliphatic imine (C=N–C) groups is 1. The van der Waals surface area contributed by atoms with Crippen molar-refractivity contribution in [2.45, 2.75) is 32.1 Å². The minimum absolute atomic E-state index is 0. The Kier molecular flexibility index (Phi) is 10.7. The number of aromatic nitrogens is 1. The molecular weight excluding hydrogens is 391 g/mol. The van der Waals surface area contributed by atoms with Crippen molar-refractivity contribution in [1.29, 1.82) is 0 Å². The van der Waals surface area contributed by atoms with Gasteiger partial charge < -0.3 is 10.6 Å². The van der Waals surface area contributed by atoms with Crippen LogP contribution in [0.5, 0.6) is 0 Å². The number of nitrogens with one attached hydrogen (secondary N) is 2. The van der Waals surface area contributed by atoms with E-state index in [9.17, 15) is 0 Å². The van der Waals surface area contributed by atoms with Crippen LogP contribution < -0.4 is 10.6 Å². The molecule has 0 aliphatic carbocycles. The Morgan fingerprint density at radius 2 is 2.26 bits per heavy atom. The van der Waals surface area contributed by atoms with E-state index in [1.165, 1.54) is 4.88 Å². The summed E-state index contributed by atoms with van der Waals surface area (Å²) in [7, 11) is 1.79. The van der Waals surface area contributed by atoms with Gasteiger partial charge in [0.1, 0.15) is 5.01 Å². The Morgan fingerprint density at radius 3 is 2.79 bits per heavy atom. The quantitative estimate of drug-likeness (QED) is 0.427. The molecule has 4 nitrogen and oxygen atoms in total. The maximum Gasteiger partial charge on any atom is 0.191 e. The summed E-state index contributed by atoms with van der Waals surface area (Å²) in [5, 5.41) is 8.27. The lowest BCUT2D eigenvalue weighted by Gasteiger charge is -2.13. The van der Waals surface area contributed by atoms with E-state index in [1.54, 1.807) is 18.4 Å². The third kappa shape index (κ3) is 7.36. The Balaban J connectivity index is 0.00000324. The molecule has 0 spiro atoms. The highest BCUT2D eigenvalue weighted by Gasteiger charge is 2.04. The smallest absolute Gasteiger partial charge is 0.191 e. The molecule has 0 aromatic carbocycles. The molecule has 110 valence electrons. The highest BCUT2D eigenvalue weighted by molar-refractivity contribution is 14.0. The molecule has 0 saturated carbocycles. The molecule has 0 amide bonds. The van der Waals surface area contributed by atoms with Crippen LogP contribution >= 0.6 is 47.1 Å². The normalized spacial score (nSPS) is 12.7. The number of hydrogen-bond donors (Lipinski definition) is 2. The van der Waals surface area contributed by atoms with Crippen molar-refractivity contribution < 1.29 is 0 Å². The van der Waals surface area contributed by atoms with Gasteiger partial charge in [-0.3, -0.25) is 4.99 Å². The second-order valence-electron chi connectivity index (χ2n) is 3.93. The number of aryl methyl sites for hydroxylation is 1. The number of nitrogens with zero attached hydrogens (tertiary/aromatic N) is 2. The average Bonchev–Trinajstić information content (AvgIpc) is 2.86. The average molecular weight is 414 g/mol. The van der Waals surface area contributed by atoms with E-state index < -0.39 is 0 Å². The maximum atomic E-state index is 4.37. The number of halogens is 1. The second kappa shape index (κ2) is 10.7. The maximum absolute atomic E-state index is 4.37. The van der Waals surface area contributed by atoms with Gasteiger partial charge in [-0.05, 0) is 12.7 Å². The minimum atomic E-state index is 0. The van der Waals surface area contributed by atoms with Crippen LogP contribution in [0.3, 0.4) is 0 Å². The lowest BCUT2D eigenvalue weighted by Crippen LogP contribution is -2.39. The van der Waals surface area contributed by atoms with Gasteiger partial charge in [-0.2, -0.15) is 11.8 Å². The van der Waals surface area contributed by atoms with Crippen LogP contribution in [0, 0.1) is 0 Å². The van der Waals surface area contributed by atoms with Crippen LogP contribution in [0.4, 0.5) is 0 Å². The van der Waals surface area contributed by atoms with E-state index in [-0.39, 0.29) is 24.0 Å². The van der Waals surface area contributed by atoms with Gasteiger partial charge in [-0.25, -0.2) is 4.98 Å². The molecule has 0 fully saturated rings. The van der Waals surface area contributed by atoms with Gasteiger partial charge >= 0.3 is 0 Å². The number of guanidine groups is 1. The van der Waals surface area contributed by atoms with Gasteiger partial charge in [-0.15, -0.1) is 35.3 Å². The van der Waals surface area contributed by atoms with E-state index in [1.807, 2.05) is 18.0 Å². The summed E-state index contributed by atoms with van der Waals surface area (Å²) in [5.41, 5.74) is 0. The van der Waals surface area contributed by atoms with Crippen LogP contribution in [-0.2, 0) is 13.0 Å². The molecule has 0 aliphatic rings. The van der Waals surface area contributed by atoms with Crippen LogP contribution in [-0.4, -0.2) is 36.0 Å². The van der Waals surface area contributed by atoms with E-state index >= 15 is 0 Å². The molecule has 1 atom stereocenters. The van der Waals surface area contributed by atoms with Gasteiger partial charge in [0.15, 0.2) is 5.96 Å². The van der Waals surface area contributed by atoms with Gasteiger partial charge in [0.25, 0.3) is 0 Å². The third-order valence-electron chi connectivity index (χ3n) is 2.54. The van der Waals surface area contributed by atoms with Crippen LogP contribution in [0.15, 0.2) is 11.2 Å². The molecule has 1 unspecified atom stereocenters. The number of hydrogen-bond acceptors (Lipinski definition) is 4. The fourth-order valence-electron chi connectivity index (χ4n) is 1.30. The van der Waals surface area contributed by atoms with Gasteiger partial charge in [0.2, 0.25) is 0 Å². The molecule has 19 heavy (non-hydrogen) atoms. The van der Waals surface area contributed by atoms with E-state index in [0.29, 0.717) is 5.25 Å². The van der Waals surface area contributed by atoms with Crippen molar-refractivity contribution in [1.82, 2.24) is 15.6 Å². The van der Waals surface area contributed by atoms with E-state index in [2.05, 4.69) is 40.7 Å². The topological polar surface area (TPSA) is 49.3 Å². The van der Waals surface area contributed by atoms with E-state index in [4.69, 9.17) is 0 Å². The van der Waals surface area contributed by atoms with Crippen molar-refractivity contribution in [3.05, 3.63) is 16.1 Å². The summed E-state index contributed by atoms with van der Waals surface area (Å²) in [6.07, 6.45) is 5.12. The van der Waals surface area contributed by atoms with E-state index in [0.717, 1.165) is 30.5 Å². The molecule has 1 heterocycles. The molecule has 0 bridgehead atoms. The minimum Gasteiger partial charge on any atom is -0.355 e. The summed E-state index contributed by atoms with van der Waals surface area (Å²) >= 11 is 3.60. The summed E-state index contributed by atoms with van der Waals surface area (Å²) in [5.74, 6) is 0.837. The monoisotopic (exact) mass is 414 g/mol. The zero-order valence-electron chi connectivity index (χ0n) is 11.9. The second-order valence-corrected chi connectivity index (χ2v) is 6.40. The highest BCUT2D eigenvalue weighted by atomic mass is 127. The van der Waals surface area contributed by atoms with Crippen LogP contribution in [0.1, 0.15) is 23.7 Å². The predicted octanol–water partition coefficient (Wildman–Crippen LogP) is 2.74. The van der Waals surface area contributed by atoms with Gasteiger partial charge in [-0.1, -0.05) is 13.8 Å². The Bertz CT molecular complexity index is 382. The zero-order valence-corrected chi connectivity index (χ0v) is 15.9. The number of thioether (sulfide) groups is 1. The molecule has 1 aromatic heterocycles. The van der Waals surface area contributed by atoms with Crippen molar-refractivity contribution >= 4 is 53.0 Å². The Morgan fingerprint density at radius 1 is 1.53 bits per heavy atom. The molecule has 0 saturated heterocycles. The largest absolute Gasteiger partial charge is 0.355 e. The number of rotatable bonds is 6. The van der Waals surface area contributed by atoms with Crippen molar-refractivity contribution in [2.75, 3.05) is 19.8 Å². The molecule has 1 aromatic rings. The SMILES string of the molecule is CCc1cnc(CNC(=NC)NCC(C)SC)s1.I. The van der Waals surface area contributed by atoms with Gasteiger partial charge in [0.05, 0.1) is 6.54 Å². The van der Waals surface area contributed by atoms with Crippen LogP contribution in [0.25, 0.3) is 0 Å². The van der Waals surface area contributed by atoms with Crippen molar-refractivity contribution in [3.8, 4) is 0 Å². The van der Waals surface area contributed by atoms with Gasteiger partial charge in [0, 0.05) is 29.9 Å². The fraction of sp³-hybridized carbons (Fsp3) is 0.667. The first-order chi connectivity index (χ1) is 8.69. The van der Waals surface area contributed by atoms with Crippen molar-refractivity contribution in [3.63, 3.8) is 0 Å². The zero-order chi connectivity index (χ0) is 13.4. The Labute approximate surface area is 141 Å². The molecule has 7 heteroatoms. The summed E-state index contributed by atoms with van der Waals surface area (Å²) in [4.78, 5) is 9.90. The predicted molar refractivity (Wildman–Crippen MR) is 98.1 cm³/mol. The van der Waals surface area contributed by atoms with Crippen molar-refractivity contribution in [2.24, 2.45) is 4.99 Å². The lowest BCUT2D eigenvalue weighted by molar-refractivity contribution is 0.788. The first-order valence-corrected chi connectivity index (χ1v) is 8.20. The molecule has 1 rings (SSSR count). The fourth-order valence-corrected chi connectivity index (χ4v) is 2.35. The first-order valence-electron chi connectivity index (χ1n) is 6.10. The standard InChI is InChI=1S/C12H22N4S2.HI/c1-5-10-7-14-11(18-10)8-16-12(13-3)15-6-9(2)17-4;/h7,9H,5-6,8H2,1-4H3,(H2,13,15,16);1H. The summed E-state index contributed by atoms with van der Waals surface area (Å²) in [6, 6.07) is 0. The molecule has 0 radical (unpaired) electrons. The summed E-state index contributed by atoms with van der Waals surface area (Å²) in [6.45, 7) is 5.99. The lowest BCUT2D eigenvalue weighted by atomic mass is 10.4. The summed E-state index contributed by atoms with van der Waals surface area (Å²) < 4.78 is 0. The highest BCUT2D eigenvalue weighted by Crippen LogP contribution is 2.12. The Hall–Kier alpha value is -0.0200. The molecule has 0 aliphatic heterocycles. The molecule has 2 N–H and O–H groups in total.